The van der Waals surface area contributed by atoms with Crippen molar-refractivity contribution in [2.24, 2.45) is 0 Å². The van der Waals surface area contributed by atoms with Gasteiger partial charge < -0.3 is 0 Å². The summed E-state index contributed by atoms with van der Waals surface area (Å²) in [5, 5.41) is 8.83. The quantitative estimate of drug-likeness (QED) is 0.557. The molecule has 0 aliphatic heterocycles. The Morgan fingerprint density at radius 1 is 1.08 bits per heavy atom. The van der Waals surface area contributed by atoms with Gasteiger partial charge in [-0.3, -0.25) is 0 Å². The number of tetrazole rings is 1. The molecule has 1 aromatic carbocycles. The van der Waals surface area contributed by atoms with Crippen LogP contribution in [0.1, 0.15) is 76.0 Å². The molecule has 1 heterocycles. The summed E-state index contributed by atoms with van der Waals surface area (Å²) in [5.74, 6) is 0.806. The number of rotatable bonds is 4. The van der Waals surface area contributed by atoms with E-state index in [0.717, 1.165) is 18.5 Å². The third-order valence-electron chi connectivity index (χ3n) is 4.70. The van der Waals surface area contributed by atoms with E-state index < -0.39 is 0 Å². The molecule has 1 aromatic heterocycles. The Hall–Kier alpha value is -1.75. The van der Waals surface area contributed by atoms with Gasteiger partial charge in [0.05, 0.1) is 11.7 Å². The number of nitrogens with zero attached hydrogens (tertiary/aromatic N) is 4. The number of para-hydroxylation sites is 1. The molecule has 5 heteroatoms. The van der Waals surface area contributed by atoms with Gasteiger partial charge in [0.2, 0.25) is 4.77 Å². The maximum atomic E-state index is 5.75. The van der Waals surface area contributed by atoms with Gasteiger partial charge in [0.1, 0.15) is 0 Å². The third-order valence-corrected chi connectivity index (χ3v) is 5.06. The minimum Gasteiger partial charge on any atom is -0.211 e. The second-order valence-electron chi connectivity index (χ2n) is 7.14. The number of allylic oxidation sites excluding steroid dienone is 2. The number of hydrogen-bond acceptors (Lipinski definition) is 3. The van der Waals surface area contributed by atoms with E-state index in [1.54, 1.807) is 0 Å². The van der Waals surface area contributed by atoms with Crippen LogP contribution in [0.25, 0.3) is 5.69 Å². The maximum Gasteiger partial charge on any atom is 0.221 e. The Balaban J connectivity index is 2.16. The van der Waals surface area contributed by atoms with E-state index in [2.05, 4.69) is 68.5 Å². The highest BCUT2D eigenvalue weighted by atomic mass is 32.1. The summed E-state index contributed by atoms with van der Waals surface area (Å²) in [6.45, 7) is 8.84. The highest BCUT2D eigenvalue weighted by Crippen LogP contribution is 2.31. The van der Waals surface area contributed by atoms with Crippen LogP contribution >= 0.6 is 12.2 Å². The van der Waals surface area contributed by atoms with E-state index in [1.807, 2.05) is 9.36 Å². The topological polar surface area (TPSA) is 35.6 Å². The molecule has 0 saturated carbocycles. The van der Waals surface area contributed by atoms with E-state index >= 15 is 0 Å². The highest BCUT2D eigenvalue weighted by molar-refractivity contribution is 7.71. The van der Waals surface area contributed by atoms with Crippen LogP contribution in [0.15, 0.2) is 30.4 Å². The molecule has 1 aliphatic rings. The van der Waals surface area contributed by atoms with Gasteiger partial charge in [-0.2, -0.15) is 4.68 Å². The van der Waals surface area contributed by atoms with Gasteiger partial charge in [-0.05, 0) is 64.9 Å². The van der Waals surface area contributed by atoms with Crippen LogP contribution in [-0.2, 0) is 0 Å². The average molecular weight is 343 g/mol. The predicted octanol–water partition coefficient (Wildman–Crippen LogP) is 5.33. The summed E-state index contributed by atoms with van der Waals surface area (Å²) in [6.07, 6.45) is 7.82. The summed E-state index contributed by atoms with van der Waals surface area (Å²) >= 11 is 5.75. The van der Waals surface area contributed by atoms with Crippen molar-refractivity contribution in [3.63, 3.8) is 0 Å². The molecule has 24 heavy (non-hydrogen) atoms. The lowest BCUT2D eigenvalue weighted by atomic mass is 9.93. The molecule has 0 saturated heterocycles. The molecule has 0 N–H and O–H groups in total. The van der Waals surface area contributed by atoms with Gasteiger partial charge >= 0.3 is 0 Å². The van der Waals surface area contributed by atoms with Crippen molar-refractivity contribution >= 4 is 12.2 Å². The van der Waals surface area contributed by atoms with Crippen LogP contribution in [0.4, 0.5) is 0 Å². The molecule has 128 valence electrons. The Kier molecular flexibility index (Phi) is 4.99. The van der Waals surface area contributed by atoms with Crippen LogP contribution in [0, 0.1) is 4.77 Å². The number of aromatic nitrogens is 4. The molecule has 0 spiro atoms. The van der Waals surface area contributed by atoms with Crippen LogP contribution in [0.5, 0.6) is 0 Å². The minimum atomic E-state index is 0.230. The lowest BCUT2D eigenvalue weighted by Crippen LogP contribution is -2.12. The fourth-order valence-corrected chi connectivity index (χ4v) is 3.66. The molecule has 3 rings (SSSR count). The normalized spacial score (nSPS) is 17.8. The minimum absolute atomic E-state index is 0.230. The van der Waals surface area contributed by atoms with E-state index in [4.69, 9.17) is 12.2 Å². The van der Waals surface area contributed by atoms with Crippen LogP contribution in [-0.4, -0.2) is 19.8 Å². The molecule has 1 atom stereocenters. The molecule has 4 nitrogen and oxygen atoms in total. The SMILES string of the molecule is CC(C)c1cccc(C(C)C)c1-n1nnn(C2C=CCCC2)c1=S. The monoisotopic (exact) mass is 342 g/mol. The first-order chi connectivity index (χ1) is 11.5. The molecular weight excluding hydrogens is 316 g/mol. The first kappa shape index (κ1) is 17.1. The standard InChI is InChI=1S/C19H26N4S/c1-13(2)16-11-8-12-17(14(3)4)18(16)23-19(24)22(20-21-23)15-9-6-5-7-10-15/h6,8-9,11-15H,5,7,10H2,1-4H3. The Morgan fingerprint density at radius 3 is 2.29 bits per heavy atom. The zero-order chi connectivity index (χ0) is 17.3. The molecule has 0 radical (unpaired) electrons. The van der Waals surface area contributed by atoms with E-state index in [9.17, 15) is 0 Å². The van der Waals surface area contributed by atoms with Gasteiger partial charge in [0.15, 0.2) is 0 Å². The van der Waals surface area contributed by atoms with Gasteiger partial charge in [-0.25, -0.2) is 4.68 Å². The van der Waals surface area contributed by atoms with Gasteiger partial charge in [-0.1, -0.05) is 58.0 Å². The van der Waals surface area contributed by atoms with Crippen molar-refractivity contribution in [2.45, 2.75) is 64.8 Å². The predicted molar refractivity (Wildman–Crippen MR) is 100 cm³/mol. The summed E-state index contributed by atoms with van der Waals surface area (Å²) in [6, 6.07) is 6.71. The van der Waals surface area contributed by atoms with Crippen LogP contribution < -0.4 is 0 Å². The first-order valence-electron chi connectivity index (χ1n) is 8.85. The van der Waals surface area contributed by atoms with Crippen molar-refractivity contribution in [1.29, 1.82) is 0 Å². The van der Waals surface area contributed by atoms with Crippen molar-refractivity contribution in [3.8, 4) is 5.69 Å². The molecule has 1 aliphatic carbocycles. The number of hydrogen-bond donors (Lipinski definition) is 0. The zero-order valence-electron chi connectivity index (χ0n) is 14.9. The first-order valence-corrected chi connectivity index (χ1v) is 9.26. The third kappa shape index (κ3) is 3.09. The number of benzene rings is 1. The summed E-state index contributed by atoms with van der Waals surface area (Å²) < 4.78 is 4.44. The van der Waals surface area contributed by atoms with Crippen LogP contribution in [0.3, 0.4) is 0 Å². The largest absolute Gasteiger partial charge is 0.221 e. The second-order valence-corrected chi connectivity index (χ2v) is 7.50. The fraction of sp³-hybridized carbons (Fsp3) is 0.526. The summed E-state index contributed by atoms with van der Waals surface area (Å²) in [7, 11) is 0. The Morgan fingerprint density at radius 2 is 1.75 bits per heavy atom. The van der Waals surface area contributed by atoms with Gasteiger partial charge in [0, 0.05) is 0 Å². The van der Waals surface area contributed by atoms with E-state index in [1.165, 1.54) is 17.5 Å². The van der Waals surface area contributed by atoms with E-state index in [0.29, 0.717) is 16.6 Å². The molecule has 1 unspecified atom stereocenters. The Labute approximate surface area is 149 Å². The summed E-state index contributed by atoms with van der Waals surface area (Å²) in [5.41, 5.74) is 3.64. The van der Waals surface area contributed by atoms with Crippen molar-refractivity contribution in [3.05, 3.63) is 46.2 Å². The summed E-state index contributed by atoms with van der Waals surface area (Å²) in [4.78, 5) is 0. The lowest BCUT2D eigenvalue weighted by Gasteiger charge is -2.19. The Bertz CT molecular complexity index is 772. The molecule has 0 amide bonds. The van der Waals surface area contributed by atoms with Gasteiger partial charge in [-0.15, -0.1) is 0 Å². The lowest BCUT2D eigenvalue weighted by molar-refractivity contribution is 0.458. The van der Waals surface area contributed by atoms with Crippen molar-refractivity contribution in [2.75, 3.05) is 0 Å². The maximum absolute atomic E-state index is 5.75. The average Bonchev–Trinajstić information content (AvgIpc) is 2.96. The van der Waals surface area contributed by atoms with E-state index in [-0.39, 0.29) is 6.04 Å². The van der Waals surface area contributed by atoms with Crippen molar-refractivity contribution in [1.82, 2.24) is 19.8 Å². The van der Waals surface area contributed by atoms with Crippen molar-refractivity contribution < 1.29 is 0 Å². The molecule has 0 bridgehead atoms. The van der Waals surface area contributed by atoms with Gasteiger partial charge in [0.25, 0.3) is 0 Å². The second kappa shape index (κ2) is 7.01. The molecular formula is C19H26N4S. The fourth-order valence-electron chi connectivity index (χ4n) is 3.36. The smallest absolute Gasteiger partial charge is 0.211 e. The zero-order valence-corrected chi connectivity index (χ0v) is 15.8. The highest BCUT2D eigenvalue weighted by Gasteiger charge is 2.20. The van der Waals surface area contributed by atoms with Crippen LogP contribution in [0.2, 0.25) is 0 Å². The molecule has 0 fully saturated rings. The molecule has 2 aromatic rings.